The van der Waals surface area contributed by atoms with E-state index in [1.54, 1.807) is 0 Å². The molecular weight excluding hydrogens is 413 g/mol. The molecule has 0 aliphatic heterocycles. The molecule has 154 valence electrons. The standard InChI is InChI=1S/C22H23Cl2NO4/c1-22(2,3)14-6-8-16(9-7-14)28-11-5-4-10-25-19-17(20(26)29-21(25)27)12-15(23)13-18(19)24/h6-9,12-13H,4-5,10-11H2,1-3H3. The Morgan fingerprint density at radius 3 is 2.38 bits per heavy atom. The lowest BCUT2D eigenvalue weighted by atomic mass is 9.87. The highest BCUT2D eigenvalue weighted by atomic mass is 35.5. The van der Waals surface area contributed by atoms with Crippen LogP contribution in [0.3, 0.4) is 0 Å². The lowest BCUT2D eigenvalue weighted by Gasteiger charge is -2.19. The van der Waals surface area contributed by atoms with Crippen molar-refractivity contribution in [1.82, 2.24) is 4.57 Å². The molecule has 1 aromatic heterocycles. The summed E-state index contributed by atoms with van der Waals surface area (Å²) in [5.41, 5.74) is 0.951. The molecule has 29 heavy (non-hydrogen) atoms. The van der Waals surface area contributed by atoms with Crippen molar-refractivity contribution in [2.24, 2.45) is 0 Å². The van der Waals surface area contributed by atoms with E-state index in [9.17, 15) is 9.59 Å². The lowest BCUT2D eigenvalue weighted by Crippen LogP contribution is -2.25. The number of ether oxygens (including phenoxy) is 1. The summed E-state index contributed by atoms with van der Waals surface area (Å²) in [6, 6.07) is 11.0. The van der Waals surface area contributed by atoms with Gasteiger partial charge < -0.3 is 9.15 Å². The zero-order valence-corrected chi connectivity index (χ0v) is 18.1. The fourth-order valence-corrected chi connectivity index (χ4v) is 3.69. The van der Waals surface area contributed by atoms with E-state index in [4.69, 9.17) is 32.4 Å². The molecular formula is C22H23Cl2NO4. The maximum atomic E-state index is 12.2. The molecule has 7 heteroatoms. The van der Waals surface area contributed by atoms with Crippen LogP contribution < -0.4 is 16.1 Å². The van der Waals surface area contributed by atoms with E-state index >= 15 is 0 Å². The van der Waals surface area contributed by atoms with E-state index < -0.39 is 11.4 Å². The van der Waals surface area contributed by atoms with E-state index in [1.807, 2.05) is 12.1 Å². The normalized spacial score (nSPS) is 11.8. The van der Waals surface area contributed by atoms with Gasteiger partial charge in [-0.05, 0) is 48.1 Å². The Morgan fingerprint density at radius 2 is 1.72 bits per heavy atom. The monoisotopic (exact) mass is 435 g/mol. The number of rotatable bonds is 6. The number of halogens is 2. The molecule has 3 aromatic rings. The summed E-state index contributed by atoms with van der Waals surface area (Å²) in [4.78, 5) is 24.1. The van der Waals surface area contributed by atoms with Crippen LogP contribution in [0.2, 0.25) is 10.0 Å². The average Bonchev–Trinajstić information content (AvgIpc) is 2.63. The summed E-state index contributed by atoms with van der Waals surface area (Å²) in [5.74, 6) is 0.0782. The minimum Gasteiger partial charge on any atom is -0.494 e. The van der Waals surface area contributed by atoms with Gasteiger partial charge in [0.05, 0.1) is 22.5 Å². The summed E-state index contributed by atoms with van der Waals surface area (Å²) in [6.07, 6.45) is 1.38. The third-order valence-electron chi connectivity index (χ3n) is 4.68. The molecule has 1 heterocycles. The molecule has 0 saturated carbocycles. The molecule has 0 saturated heterocycles. The van der Waals surface area contributed by atoms with Crippen LogP contribution >= 0.6 is 23.2 Å². The molecule has 0 aliphatic carbocycles. The first-order valence-corrected chi connectivity index (χ1v) is 10.2. The highest BCUT2D eigenvalue weighted by molar-refractivity contribution is 6.38. The molecule has 0 bridgehead atoms. The van der Waals surface area contributed by atoms with E-state index in [0.717, 1.165) is 12.2 Å². The van der Waals surface area contributed by atoms with Crippen molar-refractivity contribution in [3.8, 4) is 5.75 Å². The van der Waals surface area contributed by atoms with Crippen LogP contribution in [0.15, 0.2) is 50.4 Å². The topological polar surface area (TPSA) is 61.4 Å². The van der Waals surface area contributed by atoms with Crippen molar-refractivity contribution in [3.63, 3.8) is 0 Å². The number of nitrogens with zero attached hydrogens (tertiary/aromatic N) is 1. The van der Waals surface area contributed by atoms with Gasteiger partial charge >= 0.3 is 11.4 Å². The van der Waals surface area contributed by atoms with Gasteiger partial charge in [0.2, 0.25) is 0 Å². The predicted octanol–water partition coefficient (Wildman–Crippen LogP) is 5.42. The van der Waals surface area contributed by atoms with Gasteiger partial charge in [-0.15, -0.1) is 0 Å². The van der Waals surface area contributed by atoms with Crippen LogP contribution in [0, 0.1) is 0 Å². The molecule has 5 nitrogen and oxygen atoms in total. The van der Waals surface area contributed by atoms with Gasteiger partial charge in [-0.1, -0.05) is 56.1 Å². The minimum atomic E-state index is -0.743. The zero-order chi connectivity index (χ0) is 21.2. The molecule has 0 amide bonds. The Kier molecular flexibility index (Phi) is 6.39. The van der Waals surface area contributed by atoms with Gasteiger partial charge in [0.1, 0.15) is 5.75 Å². The third kappa shape index (κ3) is 5.03. The molecule has 0 spiro atoms. The molecule has 0 atom stereocenters. The van der Waals surface area contributed by atoms with Crippen molar-refractivity contribution in [1.29, 1.82) is 0 Å². The van der Waals surface area contributed by atoms with Crippen LogP contribution in [0.5, 0.6) is 5.75 Å². The maximum Gasteiger partial charge on any atom is 0.422 e. The number of aromatic nitrogens is 1. The summed E-state index contributed by atoms with van der Waals surface area (Å²) >= 11 is 12.2. The van der Waals surface area contributed by atoms with Crippen LogP contribution in [-0.4, -0.2) is 11.2 Å². The van der Waals surface area contributed by atoms with Crippen molar-refractivity contribution < 1.29 is 9.15 Å². The van der Waals surface area contributed by atoms with Gasteiger partial charge in [0, 0.05) is 11.6 Å². The van der Waals surface area contributed by atoms with Gasteiger partial charge in [-0.25, -0.2) is 9.59 Å². The van der Waals surface area contributed by atoms with Crippen molar-refractivity contribution in [2.75, 3.05) is 6.61 Å². The smallest absolute Gasteiger partial charge is 0.422 e. The number of fused-ring (bicyclic) bond motifs is 1. The first-order chi connectivity index (χ1) is 13.7. The van der Waals surface area contributed by atoms with Crippen molar-refractivity contribution >= 4 is 34.1 Å². The second-order valence-corrected chi connectivity index (χ2v) is 8.76. The molecule has 2 aromatic carbocycles. The first-order valence-electron chi connectivity index (χ1n) is 9.43. The van der Waals surface area contributed by atoms with Crippen LogP contribution in [0.25, 0.3) is 10.9 Å². The van der Waals surface area contributed by atoms with Crippen LogP contribution in [0.4, 0.5) is 0 Å². The highest BCUT2D eigenvalue weighted by Gasteiger charge is 2.14. The van der Waals surface area contributed by atoms with Gasteiger partial charge in [0.15, 0.2) is 0 Å². The van der Waals surface area contributed by atoms with Crippen LogP contribution in [-0.2, 0) is 12.0 Å². The maximum absolute atomic E-state index is 12.2. The summed E-state index contributed by atoms with van der Waals surface area (Å²) in [6.45, 7) is 7.37. The Labute approximate surface area is 178 Å². The molecule has 0 unspecified atom stereocenters. The summed E-state index contributed by atoms with van der Waals surface area (Å²) in [7, 11) is 0. The van der Waals surface area contributed by atoms with E-state index in [0.29, 0.717) is 30.1 Å². The number of aryl methyl sites for hydroxylation is 1. The fourth-order valence-electron chi connectivity index (χ4n) is 3.09. The third-order valence-corrected chi connectivity index (χ3v) is 5.19. The van der Waals surface area contributed by atoms with E-state index in [1.165, 1.54) is 22.3 Å². The molecule has 0 fully saturated rings. The Balaban J connectivity index is 1.63. The van der Waals surface area contributed by atoms with E-state index in [-0.39, 0.29) is 15.8 Å². The summed E-state index contributed by atoms with van der Waals surface area (Å²) in [5, 5.41) is 0.746. The second kappa shape index (κ2) is 8.64. The molecule has 0 radical (unpaired) electrons. The minimum absolute atomic E-state index is 0.102. The van der Waals surface area contributed by atoms with Gasteiger partial charge in [0.25, 0.3) is 0 Å². The number of benzene rings is 2. The quantitative estimate of drug-likeness (QED) is 0.485. The SMILES string of the molecule is CC(C)(C)c1ccc(OCCCCn2c(=O)oc(=O)c3cc(Cl)cc(Cl)c32)cc1. The molecule has 3 rings (SSSR count). The Morgan fingerprint density at radius 1 is 1.03 bits per heavy atom. The number of hydrogen-bond donors (Lipinski definition) is 0. The summed E-state index contributed by atoms with van der Waals surface area (Å²) < 4.78 is 12.0. The fraction of sp³-hybridized carbons (Fsp3) is 0.364. The average molecular weight is 436 g/mol. The van der Waals surface area contributed by atoms with E-state index in [2.05, 4.69) is 32.9 Å². The van der Waals surface area contributed by atoms with Crippen molar-refractivity contribution in [3.05, 3.63) is 73.0 Å². The van der Waals surface area contributed by atoms with Crippen LogP contribution in [0.1, 0.15) is 39.2 Å². The lowest BCUT2D eigenvalue weighted by molar-refractivity contribution is 0.300. The predicted molar refractivity (Wildman–Crippen MR) is 117 cm³/mol. The second-order valence-electron chi connectivity index (χ2n) is 7.92. The Hall–Kier alpha value is -2.24. The molecule has 0 aliphatic rings. The zero-order valence-electron chi connectivity index (χ0n) is 16.6. The largest absolute Gasteiger partial charge is 0.494 e. The highest BCUT2D eigenvalue weighted by Crippen LogP contribution is 2.26. The number of hydrogen-bond acceptors (Lipinski definition) is 4. The van der Waals surface area contributed by atoms with Gasteiger partial charge in [-0.3, -0.25) is 4.57 Å². The first kappa shape index (κ1) is 21.5. The number of unbranched alkanes of at least 4 members (excludes halogenated alkanes) is 1. The Bertz CT molecular complexity index is 1120. The van der Waals surface area contributed by atoms with Gasteiger partial charge in [-0.2, -0.15) is 0 Å². The van der Waals surface area contributed by atoms with Crippen molar-refractivity contribution in [2.45, 2.75) is 45.6 Å². The molecule has 0 N–H and O–H groups in total.